The Hall–Kier alpha value is -0.800. The van der Waals surface area contributed by atoms with Crippen molar-refractivity contribution in [2.24, 2.45) is 39.4 Å². The molecule has 0 saturated heterocycles. The number of furan rings is 1. The average molecular weight is 401 g/mol. The smallest absolute Gasteiger partial charge is 0.138 e. The van der Waals surface area contributed by atoms with Crippen LogP contribution in [0.1, 0.15) is 103 Å². The molecule has 1 heterocycles. The van der Waals surface area contributed by atoms with E-state index in [9.17, 15) is 5.11 Å². The molecule has 162 valence electrons. The van der Waals surface area contributed by atoms with Gasteiger partial charge in [-0.25, -0.2) is 0 Å². The molecule has 1 aromatic heterocycles. The van der Waals surface area contributed by atoms with Crippen molar-refractivity contribution in [1.29, 1.82) is 0 Å². The Bertz CT molecular complexity index is 796. The quantitative estimate of drug-likeness (QED) is 0.572. The third-order valence-electron chi connectivity index (χ3n) is 10.7. The maximum Gasteiger partial charge on any atom is 0.138 e. The Labute approximate surface area is 176 Å². The molecular formula is C26H40O3. The van der Waals surface area contributed by atoms with Crippen molar-refractivity contribution in [2.45, 2.75) is 91.8 Å². The Balaban J connectivity index is 1.63. The summed E-state index contributed by atoms with van der Waals surface area (Å²) < 4.78 is 12.1. The summed E-state index contributed by atoms with van der Waals surface area (Å²) >= 11 is 0. The van der Waals surface area contributed by atoms with E-state index in [0.29, 0.717) is 22.7 Å². The number of methoxy groups -OCH3 is 1. The monoisotopic (exact) mass is 400 g/mol. The molecule has 1 aromatic rings. The Morgan fingerprint density at radius 2 is 1.69 bits per heavy atom. The summed E-state index contributed by atoms with van der Waals surface area (Å²) in [6, 6.07) is 1.96. The molecule has 4 aliphatic carbocycles. The lowest BCUT2D eigenvalue weighted by atomic mass is 9.43. The molecule has 0 bridgehead atoms. The number of hydrogen-bond acceptors (Lipinski definition) is 3. The summed E-state index contributed by atoms with van der Waals surface area (Å²) in [6.07, 6.45) is 9.92. The minimum Gasteiger partial charge on any atom is -0.466 e. The van der Waals surface area contributed by atoms with Crippen LogP contribution in [0.3, 0.4) is 0 Å². The van der Waals surface area contributed by atoms with Crippen molar-refractivity contribution in [3.63, 3.8) is 0 Å². The van der Waals surface area contributed by atoms with Gasteiger partial charge >= 0.3 is 0 Å². The predicted octanol–water partition coefficient (Wildman–Crippen LogP) is 6.68. The van der Waals surface area contributed by atoms with E-state index in [1.165, 1.54) is 38.5 Å². The van der Waals surface area contributed by atoms with Crippen LogP contribution in [-0.4, -0.2) is 12.2 Å². The molecule has 3 fully saturated rings. The van der Waals surface area contributed by atoms with E-state index in [1.54, 1.807) is 6.26 Å². The number of aliphatic hydroxyl groups excluding tert-OH is 1. The highest BCUT2D eigenvalue weighted by Crippen LogP contribution is 2.76. The van der Waals surface area contributed by atoms with Gasteiger partial charge in [0.05, 0.1) is 12.4 Å². The van der Waals surface area contributed by atoms with Crippen molar-refractivity contribution in [1.82, 2.24) is 0 Å². The molecule has 29 heavy (non-hydrogen) atoms. The first-order valence-corrected chi connectivity index (χ1v) is 11.9. The minimum absolute atomic E-state index is 0.00224. The van der Waals surface area contributed by atoms with Crippen LogP contribution in [0.5, 0.6) is 0 Å². The van der Waals surface area contributed by atoms with Crippen LogP contribution in [-0.2, 0) is 4.74 Å². The average Bonchev–Trinajstić information content (AvgIpc) is 3.17. The number of aliphatic hydroxyl groups is 1. The number of hydrogen-bond donors (Lipinski definition) is 1. The lowest BCUT2D eigenvalue weighted by Crippen LogP contribution is -2.54. The van der Waals surface area contributed by atoms with Gasteiger partial charge in [0.15, 0.2) is 0 Å². The van der Waals surface area contributed by atoms with Gasteiger partial charge < -0.3 is 14.3 Å². The second kappa shape index (κ2) is 6.13. The van der Waals surface area contributed by atoms with Gasteiger partial charge in [0.2, 0.25) is 0 Å². The number of rotatable bonds is 1. The molecule has 8 atom stereocenters. The molecule has 3 saturated carbocycles. The van der Waals surface area contributed by atoms with Gasteiger partial charge in [-0.1, -0.05) is 41.0 Å². The molecule has 0 aliphatic heterocycles. The first kappa shape index (κ1) is 20.1. The molecule has 0 aromatic carbocycles. The fourth-order valence-electron chi connectivity index (χ4n) is 9.58. The van der Waals surface area contributed by atoms with Crippen molar-refractivity contribution < 1.29 is 14.3 Å². The third-order valence-corrected chi connectivity index (χ3v) is 10.7. The van der Waals surface area contributed by atoms with Crippen LogP contribution >= 0.6 is 0 Å². The molecule has 3 heteroatoms. The van der Waals surface area contributed by atoms with Crippen molar-refractivity contribution in [3.8, 4) is 0 Å². The molecule has 0 radical (unpaired) electrons. The highest BCUT2D eigenvalue weighted by Gasteiger charge is 2.69. The Kier molecular flexibility index (Phi) is 4.25. The number of fused-ring (bicyclic) bond motifs is 6. The first-order valence-electron chi connectivity index (χ1n) is 11.9. The van der Waals surface area contributed by atoms with E-state index >= 15 is 0 Å². The zero-order chi connectivity index (χ0) is 20.8. The summed E-state index contributed by atoms with van der Waals surface area (Å²) in [5.74, 6) is 2.81. The van der Waals surface area contributed by atoms with Gasteiger partial charge in [-0.2, -0.15) is 0 Å². The lowest BCUT2D eigenvalue weighted by Gasteiger charge is -2.62. The second-order valence-corrected chi connectivity index (χ2v) is 12.4. The standard InChI is InChI=1S/C26H40O3/c1-23(2)10-7-11-24(3)18(23)8-12-25(4)19-14-17(27)16-9-13-29-21(16)22(28-6)26(19,5)15-20(24)25/h9,13,17-20,22,27H,7-8,10-12,14-15H2,1-6H3. The first-order chi connectivity index (χ1) is 13.6. The molecule has 0 amide bonds. The van der Waals surface area contributed by atoms with E-state index in [0.717, 1.165) is 23.7 Å². The molecular weight excluding hydrogens is 360 g/mol. The minimum atomic E-state index is -0.447. The maximum atomic E-state index is 11.2. The fourth-order valence-corrected chi connectivity index (χ4v) is 9.58. The van der Waals surface area contributed by atoms with E-state index in [1.807, 2.05) is 13.2 Å². The Morgan fingerprint density at radius 3 is 2.41 bits per heavy atom. The predicted molar refractivity (Wildman–Crippen MR) is 114 cm³/mol. The summed E-state index contributed by atoms with van der Waals surface area (Å²) in [6.45, 7) is 12.6. The highest BCUT2D eigenvalue weighted by molar-refractivity contribution is 5.29. The van der Waals surface area contributed by atoms with E-state index < -0.39 is 6.10 Å². The van der Waals surface area contributed by atoms with Gasteiger partial charge in [-0.05, 0) is 78.6 Å². The molecule has 1 N–H and O–H groups in total. The normalized spacial score (nSPS) is 50.8. The van der Waals surface area contributed by atoms with Crippen LogP contribution in [0, 0.1) is 39.4 Å². The summed E-state index contributed by atoms with van der Waals surface area (Å²) in [4.78, 5) is 0. The zero-order valence-electron chi connectivity index (χ0n) is 19.3. The molecule has 8 unspecified atom stereocenters. The molecule has 0 spiro atoms. The second-order valence-electron chi connectivity index (χ2n) is 12.4. The van der Waals surface area contributed by atoms with Gasteiger partial charge in [-0.3, -0.25) is 0 Å². The lowest BCUT2D eigenvalue weighted by molar-refractivity contribution is -0.130. The molecule has 4 aliphatic rings. The summed E-state index contributed by atoms with van der Waals surface area (Å²) in [5.41, 5.74) is 2.03. The topological polar surface area (TPSA) is 42.6 Å². The highest BCUT2D eigenvalue weighted by atomic mass is 16.5. The molecule has 5 rings (SSSR count). The van der Waals surface area contributed by atoms with Crippen molar-refractivity contribution in [2.75, 3.05) is 7.11 Å². The van der Waals surface area contributed by atoms with E-state index in [2.05, 4.69) is 34.6 Å². The van der Waals surface area contributed by atoms with E-state index in [-0.39, 0.29) is 16.9 Å². The zero-order valence-corrected chi connectivity index (χ0v) is 19.3. The van der Waals surface area contributed by atoms with Crippen molar-refractivity contribution >= 4 is 0 Å². The Morgan fingerprint density at radius 1 is 0.966 bits per heavy atom. The van der Waals surface area contributed by atoms with Gasteiger partial charge in [-0.15, -0.1) is 0 Å². The SMILES string of the molecule is COC1c2occc2C(O)CC2C1(C)CC1C3(C)CCCC(C)(C)C3CCC21C. The maximum absolute atomic E-state index is 11.2. The largest absolute Gasteiger partial charge is 0.466 e. The van der Waals surface area contributed by atoms with Crippen LogP contribution in [0.2, 0.25) is 0 Å². The van der Waals surface area contributed by atoms with Gasteiger partial charge in [0, 0.05) is 18.1 Å². The van der Waals surface area contributed by atoms with Crippen molar-refractivity contribution in [3.05, 3.63) is 23.7 Å². The molecule has 3 nitrogen and oxygen atoms in total. The number of ether oxygens (including phenoxy) is 1. The summed E-state index contributed by atoms with van der Waals surface area (Å²) in [7, 11) is 1.83. The van der Waals surface area contributed by atoms with Crippen LogP contribution in [0.25, 0.3) is 0 Å². The summed E-state index contributed by atoms with van der Waals surface area (Å²) in [5, 5.41) is 11.2. The third kappa shape index (κ3) is 2.44. The van der Waals surface area contributed by atoms with Crippen LogP contribution in [0.15, 0.2) is 16.7 Å². The van der Waals surface area contributed by atoms with Crippen LogP contribution < -0.4 is 0 Å². The van der Waals surface area contributed by atoms with Gasteiger partial charge in [0.1, 0.15) is 11.9 Å². The fraction of sp³-hybridized carbons (Fsp3) is 0.846. The van der Waals surface area contributed by atoms with Crippen LogP contribution in [0.4, 0.5) is 0 Å². The van der Waals surface area contributed by atoms with Gasteiger partial charge in [0.25, 0.3) is 0 Å². The van der Waals surface area contributed by atoms with E-state index in [4.69, 9.17) is 9.15 Å².